The van der Waals surface area contributed by atoms with Gasteiger partial charge in [-0.15, -0.1) is 24.8 Å². The largest absolute Gasteiger partial charge is 0.508 e. The first-order chi connectivity index (χ1) is 9.66. The predicted octanol–water partition coefficient (Wildman–Crippen LogP) is 3.60. The van der Waals surface area contributed by atoms with E-state index in [-0.39, 0.29) is 24.8 Å². The second kappa shape index (κ2) is 8.39. The van der Waals surface area contributed by atoms with Crippen LogP contribution in [0.5, 0.6) is 5.75 Å². The Hall–Kier alpha value is -0.480. The van der Waals surface area contributed by atoms with Crippen LogP contribution in [0.4, 0.5) is 0 Å². The molecule has 2 fully saturated rings. The topological polar surface area (TPSA) is 35.5 Å². The van der Waals surface area contributed by atoms with Gasteiger partial charge in [0, 0.05) is 32.2 Å². The standard InChI is InChI=1S/C17H26N2O.2ClH/c1-12-10-15(20)11-13(2)16(12)17(14-4-3-5-14)19-8-6-18-7-9-19;;/h10-11,14,17-18,20H,3-9H2,1-2H3;2*1H/t17-;;/m1../s1. The molecule has 1 saturated heterocycles. The SMILES string of the molecule is Cc1cc(O)cc(C)c1[C@@H](C1CCC1)N1CCNCC1.Cl.Cl. The second-order valence-electron chi connectivity index (χ2n) is 6.42. The Morgan fingerprint density at radius 2 is 1.64 bits per heavy atom. The molecule has 1 atom stereocenters. The van der Waals surface area contributed by atoms with Crippen LogP contribution in [0.2, 0.25) is 0 Å². The maximum atomic E-state index is 9.80. The van der Waals surface area contributed by atoms with Crippen LogP contribution in [-0.4, -0.2) is 36.2 Å². The van der Waals surface area contributed by atoms with Gasteiger partial charge < -0.3 is 10.4 Å². The lowest BCUT2D eigenvalue weighted by Crippen LogP contribution is -2.48. The summed E-state index contributed by atoms with van der Waals surface area (Å²) in [6.07, 6.45) is 4.09. The van der Waals surface area contributed by atoms with E-state index in [9.17, 15) is 5.11 Å². The van der Waals surface area contributed by atoms with Gasteiger partial charge in [0.1, 0.15) is 5.75 Å². The maximum Gasteiger partial charge on any atom is 0.116 e. The number of phenols is 1. The van der Waals surface area contributed by atoms with E-state index >= 15 is 0 Å². The van der Waals surface area contributed by atoms with E-state index in [1.807, 2.05) is 12.1 Å². The van der Waals surface area contributed by atoms with Gasteiger partial charge in [0.2, 0.25) is 0 Å². The zero-order chi connectivity index (χ0) is 14.1. The summed E-state index contributed by atoms with van der Waals surface area (Å²) in [7, 11) is 0. The first kappa shape index (κ1) is 19.6. The third-order valence-electron chi connectivity index (χ3n) is 5.02. The number of benzene rings is 1. The molecule has 1 saturated carbocycles. The summed E-state index contributed by atoms with van der Waals surface area (Å²) >= 11 is 0. The number of piperazine rings is 1. The lowest BCUT2D eigenvalue weighted by Gasteiger charge is -2.44. The first-order valence-electron chi connectivity index (χ1n) is 7.91. The molecule has 3 nitrogen and oxygen atoms in total. The molecule has 1 aromatic carbocycles. The Balaban J connectivity index is 0.00000121. The van der Waals surface area contributed by atoms with Crippen LogP contribution in [-0.2, 0) is 0 Å². The van der Waals surface area contributed by atoms with Gasteiger partial charge in [0.25, 0.3) is 0 Å². The molecule has 1 heterocycles. The van der Waals surface area contributed by atoms with E-state index in [1.165, 1.54) is 36.0 Å². The normalized spacial score (nSPS) is 20.5. The summed E-state index contributed by atoms with van der Waals surface area (Å²) in [5, 5.41) is 13.2. The Morgan fingerprint density at radius 3 is 2.09 bits per heavy atom. The van der Waals surface area contributed by atoms with E-state index < -0.39 is 0 Å². The number of nitrogens with zero attached hydrogens (tertiary/aromatic N) is 1. The van der Waals surface area contributed by atoms with E-state index in [2.05, 4.69) is 24.1 Å². The van der Waals surface area contributed by atoms with Crippen molar-refractivity contribution in [2.24, 2.45) is 5.92 Å². The van der Waals surface area contributed by atoms with Crippen LogP contribution in [0, 0.1) is 19.8 Å². The molecule has 2 N–H and O–H groups in total. The number of rotatable bonds is 3. The minimum atomic E-state index is 0. The zero-order valence-corrected chi connectivity index (χ0v) is 15.1. The summed E-state index contributed by atoms with van der Waals surface area (Å²) in [5.41, 5.74) is 3.96. The second-order valence-corrected chi connectivity index (χ2v) is 6.42. The number of halogens is 2. The van der Waals surface area contributed by atoms with Crippen LogP contribution in [0.1, 0.15) is 42.0 Å². The quantitative estimate of drug-likeness (QED) is 0.877. The van der Waals surface area contributed by atoms with Crippen molar-refractivity contribution in [2.75, 3.05) is 26.2 Å². The lowest BCUT2D eigenvalue weighted by molar-refractivity contribution is 0.0828. The highest BCUT2D eigenvalue weighted by atomic mass is 35.5. The monoisotopic (exact) mass is 346 g/mol. The molecule has 0 amide bonds. The maximum absolute atomic E-state index is 9.80. The van der Waals surface area contributed by atoms with Gasteiger partial charge in [-0.25, -0.2) is 0 Å². The van der Waals surface area contributed by atoms with Crippen LogP contribution >= 0.6 is 24.8 Å². The fraction of sp³-hybridized carbons (Fsp3) is 0.647. The highest BCUT2D eigenvalue weighted by Crippen LogP contribution is 2.44. The minimum absolute atomic E-state index is 0. The Bertz CT molecular complexity index is 463. The van der Waals surface area contributed by atoms with Crippen molar-refractivity contribution in [3.8, 4) is 5.75 Å². The summed E-state index contributed by atoms with van der Waals surface area (Å²) in [6, 6.07) is 4.40. The van der Waals surface area contributed by atoms with Crippen molar-refractivity contribution < 1.29 is 5.11 Å². The average molecular weight is 347 g/mol. The third kappa shape index (κ3) is 3.88. The predicted molar refractivity (Wildman–Crippen MR) is 96.6 cm³/mol. The average Bonchev–Trinajstić information content (AvgIpc) is 2.35. The molecule has 1 aliphatic carbocycles. The molecule has 22 heavy (non-hydrogen) atoms. The number of aryl methyl sites for hydroxylation is 2. The van der Waals surface area contributed by atoms with E-state index in [4.69, 9.17) is 0 Å². The van der Waals surface area contributed by atoms with Crippen LogP contribution in [0.3, 0.4) is 0 Å². The number of phenolic OH excluding ortho intramolecular Hbond substituents is 1. The van der Waals surface area contributed by atoms with Gasteiger partial charge in [0.05, 0.1) is 0 Å². The van der Waals surface area contributed by atoms with Crippen molar-refractivity contribution in [3.05, 3.63) is 28.8 Å². The number of hydrogen-bond acceptors (Lipinski definition) is 3. The molecule has 126 valence electrons. The highest BCUT2D eigenvalue weighted by Gasteiger charge is 2.35. The first-order valence-corrected chi connectivity index (χ1v) is 7.91. The summed E-state index contributed by atoms with van der Waals surface area (Å²) in [6.45, 7) is 8.77. The molecule has 1 aromatic rings. The van der Waals surface area contributed by atoms with Gasteiger partial charge in [-0.05, 0) is 61.4 Å². The fourth-order valence-corrected chi connectivity index (χ4v) is 3.85. The van der Waals surface area contributed by atoms with Crippen molar-refractivity contribution in [2.45, 2.75) is 39.2 Å². The minimum Gasteiger partial charge on any atom is -0.508 e. The van der Waals surface area contributed by atoms with Crippen molar-refractivity contribution in [1.82, 2.24) is 10.2 Å². The molecular formula is C17H28Cl2N2O. The molecule has 0 unspecified atom stereocenters. The molecule has 2 aliphatic rings. The van der Waals surface area contributed by atoms with E-state index in [1.54, 1.807) is 0 Å². The summed E-state index contributed by atoms with van der Waals surface area (Å²) in [5.74, 6) is 1.20. The lowest BCUT2D eigenvalue weighted by atomic mass is 9.74. The smallest absolute Gasteiger partial charge is 0.116 e. The zero-order valence-electron chi connectivity index (χ0n) is 13.5. The van der Waals surface area contributed by atoms with Crippen LogP contribution < -0.4 is 5.32 Å². The van der Waals surface area contributed by atoms with Crippen molar-refractivity contribution in [3.63, 3.8) is 0 Å². The Labute approximate surface area is 146 Å². The number of hydrogen-bond donors (Lipinski definition) is 2. The molecule has 0 radical (unpaired) electrons. The van der Waals surface area contributed by atoms with Gasteiger partial charge in [-0.3, -0.25) is 4.90 Å². The van der Waals surface area contributed by atoms with Crippen molar-refractivity contribution >= 4 is 24.8 Å². The molecule has 0 aromatic heterocycles. The third-order valence-corrected chi connectivity index (χ3v) is 5.02. The van der Waals surface area contributed by atoms with E-state index in [0.29, 0.717) is 11.8 Å². The fourth-order valence-electron chi connectivity index (χ4n) is 3.85. The summed E-state index contributed by atoms with van der Waals surface area (Å²) in [4.78, 5) is 2.66. The van der Waals surface area contributed by atoms with Gasteiger partial charge in [0.15, 0.2) is 0 Å². The molecule has 3 rings (SSSR count). The van der Waals surface area contributed by atoms with Crippen molar-refractivity contribution in [1.29, 1.82) is 0 Å². The molecule has 0 bridgehead atoms. The Morgan fingerprint density at radius 1 is 1.09 bits per heavy atom. The van der Waals surface area contributed by atoms with Gasteiger partial charge in [-0.1, -0.05) is 6.42 Å². The van der Waals surface area contributed by atoms with Crippen LogP contribution in [0.25, 0.3) is 0 Å². The molecular weight excluding hydrogens is 319 g/mol. The number of nitrogens with one attached hydrogen (secondary N) is 1. The Kier molecular flexibility index (Phi) is 7.47. The van der Waals surface area contributed by atoms with E-state index in [0.717, 1.165) is 32.1 Å². The molecule has 1 aliphatic heterocycles. The van der Waals surface area contributed by atoms with Crippen LogP contribution in [0.15, 0.2) is 12.1 Å². The molecule has 0 spiro atoms. The summed E-state index contributed by atoms with van der Waals surface area (Å²) < 4.78 is 0. The van der Waals surface area contributed by atoms with Gasteiger partial charge in [-0.2, -0.15) is 0 Å². The van der Waals surface area contributed by atoms with Gasteiger partial charge >= 0.3 is 0 Å². The highest BCUT2D eigenvalue weighted by molar-refractivity contribution is 5.85. The molecule has 5 heteroatoms. The number of aromatic hydroxyl groups is 1.